The van der Waals surface area contributed by atoms with Gasteiger partial charge in [-0.25, -0.2) is 9.97 Å². The van der Waals surface area contributed by atoms with Crippen molar-refractivity contribution in [2.75, 3.05) is 12.4 Å². The van der Waals surface area contributed by atoms with E-state index in [2.05, 4.69) is 31.5 Å². The van der Waals surface area contributed by atoms with E-state index in [1.54, 1.807) is 24.6 Å². The molecule has 4 rings (SSSR count). The van der Waals surface area contributed by atoms with Crippen LogP contribution in [0.3, 0.4) is 0 Å². The van der Waals surface area contributed by atoms with Crippen molar-refractivity contribution in [2.24, 2.45) is 0 Å². The van der Waals surface area contributed by atoms with Gasteiger partial charge in [-0.2, -0.15) is 5.10 Å². The second-order valence-electron chi connectivity index (χ2n) is 5.77. The normalized spacial score (nSPS) is 10.8. The number of aryl methyl sites for hydroxylation is 1. The van der Waals surface area contributed by atoms with E-state index in [4.69, 9.17) is 4.74 Å². The third kappa shape index (κ3) is 3.34. The molecule has 0 atom stereocenters. The topological polar surface area (TPSA) is 72.8 Å². The second-order valence-corrected chi connectivity index (χ2v) is 6.89. The number of hydrogen-bond donors (Lipinski definition) is 1. The van der Waals surface area contributed by atoms with Crippen molar-refractivity contribution in [3.63, 3.8) is 0 Å². The average molecular weight is 363 g/mol. The Bertz CT molecular complexity index is 1030. The molecule has 0 radical (unpaired) electrons. The van der Waals surface area contributed by atoms with E-state index in [0.717, 1.165) is 33.1 Å². The molecule has 0 aliphatic rings. The smallest absolute Gasteiger partial charge is 0.243 e. The number of thiazole rings is 1. The number of methoxy groups -OCH3 is 1. The summed E-state index contributed by atoms with van der Waals surface area (Å²) in [7, 11) is 1.66. The molecule has 0 spiro atoms. The molecule has 0 fully saturated rings. The molecule has 4 aromatic rings. The van der Waals surface area contributed by atoms with Crippen molar-refractivity contribution in [2.45, 2.75) is 13.5 Å². The van der Waals surface area contributed by atoms with Gasteiger partial charge in [0.25, 0.3) is 0 Å². The van der Waals surface area contributed by atoms with Crippen molar-refractivity contribution in [1.82, 2.24) is 20.2 Å². The minimum absolute atomic E-state index is 0.483. The molecule has 2 aromatic heterocycles. The Hall–Kier alpha value is -3.06. The quantitative estimate of drug-likeness (QED) is 0.576. The second kappa shape index (κ2) is 7.05. The predicted octanol–water partition coefficient (Wildman–Crippen LogP) is 4.08. The summed E-state index contributed by atoms with van der Waals surface area (Å²) >= 11 is 1.66. The van der Waals surface area contributed by atoms with Crippen molar-refractivity contribution in [3.8, 4) is 17.0 Å². The van der Waals surface area contributed by atoms with E-state index >= 15 is 0 Å². The lowest BCUT2D eigenvalue weighted by Crippen LogP contribution is -2.05. The van der Waals surface area contributed by atoms with Gasteiger partial charge in [0, 0.05) is 5.56 Å². The minimum Gasteiger partial charge on any atom is -0.497 e. The van der Waals surface area contributed by atoms with Crippen LogP contribution < -0.4 is 10.1 Å². The molecule has 130 valence electrons. The summed E-state index contributed by atoms with van der Waals surface area (Å²) in [6, 6.07) is 14.0. The maximum Gasteiger partial charge on any atom is 0.243 e. The molecule has 26 heavy (non-hydrogen) atoms. The van der Waals surface area contributed by atoms with Crippen LogP contribution in [0, 0.1) is 6.92 Å². The van der Waals surface area contributed by atoms with Gasteiger partial charge in [-0.05, 0) is 42.8 Å². The van der Waals surface area contributed by atoms with Gasteiger partial charge in [0.15, 0.2) is 0 Å². The van der Waals surface area contributed by atoms with Crippen LogP contribution in [-0.2, 0) is 6.54 Å². The lowest BCUT2D eigenvalue weighted by Gasteiger charge is -2.08. The average Bonchev–Trinajstić information content (AvgIpc) is 3.09. The van der Waals surface area contributed by atoms with Gasteiger partial charge < -0.3 is 10.1 Å². The lowest BCUT2D eigenvalue weighted by atomic mass is 10.1. The van der Waals surface area contributed by atoms with Gasteiger partial charge in [0.2, 0.25) is 5.95 Å². The minimum atomic E-state index is 0.483. The van der Waals surface area contributed by atoms with Crippen LogP contribution in [-0.4, -0.2) is 27.3 Å². The van der Waals surface area contributed by atoms with Crippen LogP contribution in [0.1, 0.15) is 10.6 Å². The molecule has 2 aromatic carbocycles. The summed E-state index contributed by atoms with van der Waals surface area (Å²) in [4.78, 5) is 9.19. The highest BCUT2D eigenvalue weighted by atomic mass is 32.1. The van der Waals surface area contributed by atoms with Crippen LogP contribution in [0.2, 0.25) is 0 Å². The first-order valence-electron chi connectivity index (χ1n) is 8.16. The zero-order chi connectivity index (χ0) is 17.9. The SMILES string of the molecule is COc1ccc(-c2cnnc(NCc3nc4ccccc4s3)n2)c(C)c1. The first-order chi connectivity index (χ1) is 12.7. The summed E-state index contributed by atoms with van der Waals surface area (Å²) in [5, 5.41) is 12.4. The molecule has 0 aliphatic carbocycles. The van der Waals surface area contributed by atoms with Crippen LogP contribution in [0.4, 0.5) is 5.95 Å². The van der Waals surface area contributed by atoms with Gasteiger partial charge in [0.05, 0.1) is 35.8 Å². The fraction of sp³-hybridized carbons (Fsp3) is 0.158. The molecule has 0 aliphatic heterocycles. The number of fused-ring (bicyclic) bond motifs is 1. The number of ether oxygens (including phenoxy) is 1. The number of rotatable bonds is 5. The van der Waals surface area contributed by atoms with Crippen molar-refractivity contribution >= 4 is 27.5 Å². The summed E-state index contributed by atoms with van der Waals surface area (Å²) in [6.45, 7) is 2.58. The van der Waals surface area contributed by atoms with Crippen LogP contribution in [0.25, 0.3) is 21.5 Å². The fourth-order valence-electron chi connectivity index (χ4n) is 2.71. The third-order valence-corrected chi connectivity index (χ3v) is 5.04. The number of hydrogen-bond acceptors (Lipinski definition) is 7. The fourth-order valence-corrected chi connectivity index (χ4v) is 3.62. The molecular weight excluding hydrogens is 346 g/mol. The van der Waals surface area contributed by atoms with E-state index in [1.807, 2.05) is 43.3 Å². The molecule has 0 saturated carbocycles. The number of aromatic nitrogens is 4. The molecule has 2 heterocycles. The van der Waals surface area contributed by atoms with E-state index in [9.17, 15) is 0 Å². The first-order valence-corrected chi connectivity index (χ1v) is 8.97. The number of para-hydroxylation sites is 1. The third-order valence-electron chi connectivity index (χ3n) is 4.00. The van der Waals surface area contributed by atoms with Gasteiger partial charge >= 0.3 is 0 Å². The highest BCUT2D eigenvalue weighted by Crippen LogP contribution is 2.26. The van der Waals surface area contributed by atoms with Crippen molar-refractivity contribution in [1.29, 1.82) is 0 Å². The molecule has 0 unspecified atom stereocenters. The molecule has 6 nitrogen and oxygen atoms in total. The molecule has 0 bridgehead atoms. The Morgan fingerprint density at radius 1 is 1.12 bits per heavy atom. The highest BCUT2D eigenvalue weighted by molar-refractivity contribution is 7.18. The Kier molecular flexibility index (Phi) is 4.45. The first kappa shape index (κ1) is 16.4. The van der Waals surface area contributed by atoms with E-state index < -0.39 is 0 Å². The zero-order valence-electron chi connectivity index (χ0n) is 14.4. The summed E-state index contributed by atoms with van der Waals surface area (Å²) in [5.74, 6) is 1.31. The Labute approximate surface area is 154 Å². The molecule has 0 amide bonds. The van der Waals surface area contributed by atoms with Crippen molar-refractivity contribution in [3.05, 3.63) is 59.2 Å². The van der Waals surface area contributed by atoms with Crippen molar-refractivity contribution < 1.29 is 4.74 Å². The molecule has 1 N–H and O–H groups in total. The maximum atomic E-state index is 5.26. The van der Waals surface area contributed by atoms with Gasteiger partial charge in [-0.15, -0.1) is 16.4 Å². The molecular formula is C19H17N5OS. The van der Waals surface area contributed by atoms with E-state index in [1.165, 1.54) is 4.70 Å². The number of nitrogens with one attached hydrogen (secondary N) is 1. The van der Waals surface area contributed by atoms with Crippen LogP contribution in [0.15, 0.2) is 48.7 Å². The van der Waals surface area contributed by atoms with Crippen LogP contribution in [0.5, 0.6) is 5.75 Å². The standard InChI is InChI=1S/C19H17N5OS/c1-12-9-13(25-2)7-8-14(12)16-10-21-24-19(23-16)20-11-18-22-15-5-3-4-6-17(15)26-18/h3-10H,11H2,1-2H3,(H,20,23,24). The van der Waals surface area contributed by atoms with E-state index in [0.29, 0.717) is 12.5 Å². The Balaban J connectivity index is 1.54. The maximum absolute atomic E-state index is 5.26. The van der Waals surface area contributed by atoms with Gasteiger partial charge in [0.1, 0.15) is 10.8 Å². The Morgan fingerprint density at radius 3 is 2.81 bits per heavy atom. The largest absolute Gasteiger partial charge is 0.497 e. The molecule has 7 heteroatoms. The summed E-state index contributed by atoms with van der Waals surface area (Å²) < 4.78 is 6.43. The number of anilines is 1. The van der Waals surface area contributed by atoms with Gasteiger partial charge in [-0.1, -0.05) is 12.1 Å². The number of benzene rings is 2. The summed E-state index contributed by atoms with van der Waals surface area (Å²) in [6.07, 6.45) is 1.66. The molecule has 0 saturated heterocycles. The lowest BCUT2D eigenvalue weighted by molar-refractivity contribution is 0.414. The highest BCUT2D eigenvalue weighted by Gasteiger charge is 2.09. The summed E-state index contributed by atoms with van der Waals surface area (Å²) in [5.41, 5.74) is 3.86. The number of nitrogens with zero attached hydrogens (tertiary/aromatic N) is 4. The Morgan fingerprint density at radius 2 is 2.00 bits per heavy atom. The zero-order valence-corrected chi connectivity index (χ0v) is 15.2. The predicted molar refractivity (Wildman–Crippen MR) is 103 cm³/mol. The van der Waals surface area contributed by atoms with Crippen LogP contribution >= 0.6 is 11.3 Å². The van der Waals surface area contributed by atoms with E-state index in [-0.39, 0.29) is 0 Å². The monoisotopic (exact) mass is 363 g/mol. The van der Waals surface area contributed by atoms with Gasteiger partial charge in [-0.3, -0.25) is 0 Å².